The van der Waals surface area contributed by atoms with Gasteiger partial charge in [-0.25, -0.2) is 12.2 Å². The minimum absolute atomic E-state index is 0.625. The Morgan fingerprint density at radius 1 is 0.761 bits per heavy atom. The number of benzene rings is 4. The van der Waals surface area contributed by atoms with E-state index >= 15 is 0 Å². The Bertz CT molecular complexity index is 1490. The van der Waals surface area contributed by atoms with Crippen LogP contribution in [-0.4, -0.2) is 3.21 Å². The second kappa shape index (κ2) is 18.5. The number of hydrogen-bond donors (Lipinski definition) is 0. The Balaban J connectivity index is 0.000000193. The molecule has 0 amide bonds. The molecule has 0 radical (unpaired) electrons. The van der Waals surface area contributed by atoms with Gasteiger partial charge < -0.3 is 0 Å². The zero-order chi connectivity index (χ0) is 32.9. The molecule has 2 unspecified atom stereocenters. The van der Waals surface area contributed by atoms with E-state index in [2.05, 4.69) is 139 Å². The summed E-state index contributed by atoms with van der Waals surface area (Å²) in [5.74, 6) is 1.27. The van der Waals surface area contributed by atoms with Crippen molar-refractivity contribution in [2.75, 3.05) is 0 Å². The van der Waals surface area contributed by atoms with Crippen molar-refractivity contribution in [2.24, 2.45) is 0 Å². The second-order valence-corrected chi connectivity index (χ2v) is 14.8. The van der Waals surface area contributed by atoms with Crippen LogP contribution in [0.2, 0.25) is 0 Å². The van der Waals surface area contributed by atoms with Gasteiger partial charge in [0.15, 0.2) is 0 Å². The van der Waals surface area contributed by atoms with Gasteiger partial charge in [-0.15, -0.1) is 23.1 Å². The molecule has 0 nitrogen and oxygen atoms in total. The predicted octanol–water partition coefficient (Wildman–Crippen LogP) is 12.0. The molecule has 0 spiro atoms. The minimum atomic E-state index is 0.625. The van der Waals surface area contributed by atoms with E-state index in [1.54, 1.807) is 27.4 Å². The molecule has 2 atom stereocenters. The van der Waals surface area contributed by atoms with Gasteiger partial charge >= 0.3 is 112 Å². The average Bonchev–Trinajstić information content (AvgIpc) is 3.73. The van der Waals surface area contributed by atoms with Crippen LogP contribution in [0.4, 0.5) is 0 Å². The summed E-state index contributed by atoms with van der Waals surface area (Å²) in [6.07, 6.45) is 18.3. The molecule has 0 saturated carbocycles. The monoisotopic (exact) mass is 682 g/mol. The van der Waals surface area contributed by atoms with E-state index in [0.29, 0.717) is 11.8 Å². The van der Waals surface area contributed by atoms with Crippen LogP contribution in [-0.2, 0) is 43.5 Å². The van der Waals surface area contributed by atoms with Gasteiger partial charge in [0, 0.05) is 0 Å². The van der Waals surface area contributed by atoms with Gasteiger partial charge in [0.25, 0.3) is 0 Å². The van der Waals surface area contributed by atoms with Crippen molar-refractivity contribution in [3.63, 3.8) is 0 Å². The van der Waals surface area contributed by atoms with Gasteiger partial charge in [-0.3, -0.25) is 6.08 Å². The summed E-state index contributed by atoms with van der Waals surface area (Å²) < 4.78 is 1.60. The molecule has 0 saturated heterocycles. The van der Waals surface area contributed by atoms with E-state index in [1.807, 2.05) is 12.2 Å². The first-order valence-electron chi connectivity index (χ1n) is 17.4. The molecule has 0 fully saturated rings. The number of rotatable bonds is 10. The van der Waals surface area contributed by atoms with Crippen LogP contribution in [0.25, 0.3) is 11.1 Å². The first kappa shape index (κ1) is 36.0. The van der Waals surface area contributed by atoms with E-state index in [9.17, 15) is 0 Å². The molecular weight excluding hydrogens is 632 g/mol. The van der Waals surface area contributed by atoms with Crippen molar-refractivity contribution >= 4 is 3.21 Å². The van der Waals surface area contributed by atoms with Crippen molar-refractivity contribution in [2.45, 2.75) is 105 Å². The Kier molecular flexibility index (Phi) is 14.4. The maximum absolute atomic E-state index is 3.74. The molecule has 2 aliphatic rings. The zero-order valence-corrected chi connectivity index (χ0v) is 31.5. The van der Waals surface area contributed by atoms with Crippen LogP contribution < -0.4 is 0 Å². The summed E-state index contributed by atoms with van der Waals surface area (Å²) in [4.78, 5) is 0. The van der Waals surface area contributed by atoms with Gasteiger partial charge in [0.2, 0.25) is 0 Å². The number of allylic oxidation sites excluding steroid dienone is 4. The van der Waals surface area contributed by atoms with Gasteiger partial charge in [0.1, 0.15) is 0 Å². The van der Waals surface area contributed by atoms with Crippen LogP contribution >= 0.6 is 0 Å². The third kappa shape index (κ3) is 10.3. The Morgan fingerprint density at radius 2 is 1.33 bits per heavy atom. The van der Waals surface area contributed by atoms with E-state index in [1.165, 1.54) is 81.3 Å². The molecule has 46 heavy (non-hydrogen) atoms. The molecule has 6 rings (SSSR count). The third-order valence-corrected chi connectivity index (χ3v) is 10.0. The van der Waals surface area contributed by atoms with Crippen molar-refractivity contribution in [3.8, 4) is 11.1 Å². The van der Waals surface area contributed by atoms with Crippen molar-refractivity contribution in [1.82, 2.24) is 0 Å². The Morgan fingerprint density at radius 3 is 1.83 bits per heavy atom. The number of aryl methyl sites for hydroxylation is 2. The normalized spacial score (nSPS) is 13.6. The van der Waals surface area contributed by atoms with Crippen molar-refractivity contribution in [1.29, 1.82) is 0 Å². The first-order chi connectivity index (χ1) is 22.3. The van der Waals surface area contributed by atoms with Crippen LogP contribution in [0, 0.1) is 26.0 Å². The van der Waals surface area contributed by atoms with E-state index in [0.717, 1.165) is 25.7 Å². The SMILES string of the molecule is CCCC(C)c1cc2c([c-]c1C)Cc1cc(C)c(C(C)CCC)cc1-2.[C-]1=CC=CC1.[Zr+2]=[C](Cc1ccccc1)Cc1ccccc1. The van der Waals surface area contributed by atoms with Crippen LogP contribution in [0.15, 0.2) is 97.1 Å². The molecule has 0 aromatic heterocycles. The molecule has 236 valence electrons. The van der Waals surface area contributed by atoms with Gasteiger partial charge in [-0.05, 0) is 42.4 Å². The summed E-state index contributed by atoms with van der Waals surface area (Å²) in [6, 6.07) is 32.6. The summed E-state index contributed by atoms with van der Waals surface area (Å²) in [5.41, 5.74) is 14.5. The fourth-order valence-corrected chi connectivity index (χ4v) is 7.78. The molecule has 0 bridgehead atoms. The van der Waals surface area contributed by atoms with Crippen LogP contribution in [0.3, 0.4) is 0 Å². The molecule has 2 aliphatic carbocycles. The molecule has 4 aromatic carbocycles. The third-order valence-electron chi connectivity index (χ3n) is 9.16. The molecule has 4 aromatic rings. The molecule has 0 heterocycles. The van der Waals surface area contributed by atoms with Gasteiger partial charge in [-0.1, -0.05) is 77.5 Å². The molecular formula is C45H52Zr. The molecule has 1 heteroatoms. The second-order valence-electron chi connectivity index (χ2n) is 13.1. The summed E-state index contributed by atoms with van der Waals surface area (Å²) in [5, 5.41) is 0. The Hall–Kier alpha value is -2.89. The van der Waals surface area contributed by atoms with Crippen molar-refractivity contribution in [3.05, 3.63) is 154 Å². The number of hydrogen-bond acceptors (Lipinski definition) is 0. The van der Waals surface area contributed by atoms with Gasteiger partial charge in [-0.2, -0.15) is 23.8 Å². The quantitative estimate of drug-likeness (QED) is 0.129. The maximum atomic E-state index is 3.74. The topological polar surface area (TPSA) is 0 Å². The standard InChI is InChI=1S/C25H33.C15H14.C5H5.Zr/c1-7-9-16(3)22-14-24-20(11-18(22)5)13-21-12-19(6)23(15-25(21)24)17(4)10-8-2;1-3-8-14(9-4-1)12-7-13-15-10-5-2-6-11-15;1-2-4-5-3-1;/h11,14-17H,7-10,13H2,1-6H3;1-6,8-11H,12-13H2;1-3H,4H2;/q-1;;-1;+2. The molecule has 0 aliphatic heterocycles. The molecule has 0 N–H and O–H groups in total. The number of fused-ring (bicyclic) bond motifs is 3. The van der Waals surface area contributed by atoms with Crippen LogP contribution in [0.5, 0.6) is 0 Å². The van der Waals surface area contributed by atoms with E-state index in [-0.39, 0.29) is 0 Å². The fourth-order valence-electron chi connectivity index (χ4n) is 6.78. The zero-order valence-electron chi connectivity index (χ0n) is 29.0. The Labute approximate surface area is 295 Å². The van der Waals surface area contributed by atoms with Crippen LogP contribution in [0.1, 0.15) is 116 Å². The van der Waals surface area contributed by atoms with Gasteiger partial charge in [0.05, 0.1) is 0 Å². The van der Waals surface area contributed by atoms with E-state index in [4.69, 9.17) is 0 Å². The summed E-state index contributed by atoms with van der Waals surface area (Å²) in [6.45, 7) is 13.8. The summed E-state index contributed by atoms with van der Waals surface area (Å²) in [7, 11) is 0. The van der Waals surface area contributed by atoms with Crippen molar-refractivity contribution < 1.29 is 24.2 Å². The van der Waals surface area contributed by atoms with E-state index < -0.39 is 0 Å². The average molecular weight is 684 g/mol. The first-order valence-corrected chi connectivity index (χ1v) is 18.6. The summed E-state index contributed by atoms with van der Waals surface area (Å²) >= 11 is 1.55. The fraction of sp³-hybridized carbons (Fsp3) is 0.356. The predicted molar refractivity (Wildman–Crippen MR) is 197 cm³/mol.